The number of aryl methyl sites for hydroxylation is 2. The van der Waals surface area contributed by atoms with Gasteiger partial charge in [-0.05, 0) is 25.5 Å². The van der Waals surface area contributed by atoms with Gasteiger partial charge < -0.3 is 0 Å². The molecule has 4 heteroatoms. The minimum Gasteiger partial charge on any atom is -0.288 e. The number of benzene rings is 1. The summed E-state index contributed by atoms with van der Waals surface area (Å²) in [6.07, 6.45) is 3.31. The average molecular weight is 249 g/mol. The van der Waals surface area contributed by atoms with Gasteiger partial charge in [-0.25, -0.2) is 0 Å². The van der Waals surface area contributed by atoms with Crippen molar-refractivity contribution in [2.45, 2.75) is 20.4 Å². The van der Waals surface area contributed by atoms with Gasteiger partial charge in [-0.2, -0.15) is 5.10 Å². The molecule has 0 aliphatic heterocycles. The molecule has 1 aromatic heterocycles. The van der Waals surface area contributed by atoms with E-state index < -0.39 is 0 Å². The number of carbonyl (C=O) groups is 1. The normalized spacial score (nSPS) is 10.5. The van der Waals surface area contributed by atoms with E-state index >= 15 is 0 Å². The Morgan fingerprint density at radius 3 is 2.88 bits per heavy atom. The second-order valence-electron chi connectivity index (χ2n) is 3.85. The van der Waals surface area contributed by atoms with Crippen molar-refractivity contribution in [1.29, 1.82) is 0 Å². The van der Waals surface area contributed by atoms with Gasteiger partial charge in [0.05, 0.1) is 16.8 Å². The molecule has 3 nitrogen and oxygen atoms in total. The third-order valence-corrected chi connectivity index (χ3v) is 3.16. The Morgan fingerprint density at radius 2 is 2.24 bits per heavy atom. The molecule has 88 valence electrons. The molecular formula is C13H13ClN2O. The van der Waals surface area contributed by atoms with Crippen molar-refractivity contribution in [3.63, 3.8) is 0 Å². The lowest BCUT2D eigenvalue weighted by molar-refractivity contribution is 0.103. The van der Waals surface area contributed by atoms with Gasteiger partial charge in [0.25, 0.3) is 0 Å². The first-order valence-corrected chi connectivity index (χ1v) is 5.83. The van der Waals surface area contributed by atoms with Crippen molar-refractivity contribution in [3.8, 4) is 0 Å². The van der Waals surface area contributed by atoms with Crippen LogP contribution in [0.4, 0.5) is 0 Å². The molecule has 0 radical (unpaired) electrons. The summed E-state index contributed by atoms with van der Waals surface area (Å²) in [4.78, 5) is 12.2. The summed E-state index contributed by atoms with van der Waals surface area (Å²) < 4.78 is 1.72. The lowest BCUT2D eigenvalue weighted by atomic mass is 10.0. The van der Waals surface area contributed by atoms with Gasteiger partial charge in [-0.15, -0.1) is 0 Å². The van der Waals surface area contributed by atoms with E-state index in [1.807, 2.05) is 26.0 Å². The van der Waals surface area contributed by atoms with Crippen LogP contribution in [0.2, 0.25) is 5.02 Å². The van der Waals surface area contributed by atoms with Crippen LogP contribution in [0.15, 0.2) is 30.6 Å². The van der Waals surface area contributed by atoms with Gasteiger partial charge >= 0.3 is 0 Å². The van der Waals surface area contributed by atoms with Crippen molar-refractivity contribution >= 4 is 17.4 Å². The Morgan fingerprint density at radius 1 is 1.47 bits per heavy atom. The molecule has 0 fully saturated rings. The molecule has 0 aliphatic carbocycles. The molecule has 0 N–H and O–H groups in total. The molecule has 0 saturated heterocycles. The number of halogens is 1. The molecule has 0 bridgehead atoms. The SMILES string of the molecule is CCn1cc(C(=O)c2cccc(C)c2Cl)cn1. The summed E-state index contributed by atoms with van der Waals surface area (Å²) in [6, 6.07) is 5.45. The maximum absolute atomic E-state index is 12.2. The number of nitrogens with zero attached hydrogens (tertiary/aromatic N) is 2. The third-order valence-electron chi connectivity index (χ3n) is 2.66. The summed E-state index contributed by atoms with van der Waals surface area (Å²) in [6.45, 7) is 4.60. The van der Waals surface area contributed by atoms with E-state index in [-0.39, 0.29) is 5.78 Å². The van der Waals surface area contributed by atoms with Crippen LogP contribution in [0.1, 0.15) is 28.4 Å². The zero-order valence-corrected chi connectivity index (χ0v) is 10.5. The second kappa shape index (κ2) is 4.72. The van der Waals surface area contributed by atoms with Gasteiger partial charge in [0.15, 0.2) is 5.78 Å². The van der Waals surface area contributed by atoms with Crippen LogP contribution in [-0.4, -0.2) is 15.6 Å². The zero-order valence-electron chi connectivity index (χ0n) is 9.77. The Bertz CT molecular complexity index is 560. The maximum atomic E-state index is 12.2. The molecule has 0 aliphatic rings. The van der Waals surface area contributed by atoms with Crippen LogP contribution < -0.4 is 0 Å². The Hall–Kier alpha value is -1.61. The van der Waals surface area contributed by atoms with Crippen LogP contribution in [0.25, 0.3) is 0 Å². The molecular weight excluding hydrogens is 236 g/mol. The molecule has 0 atom stereocenters. The number of ketones is 1. The van der Waals surface area contributed by atoms with Crippen LogP contribution in [0.5, 0.6) is 0 Å². The fourth-order valence-corrected chi connectivity index (χ4v) is 1.84. The first kappa shape index (κ1) is 11.9. The topological polar surface area (TPSA) is 34.9 Å². The molecule has 1 heterocycles. The summed E-state index contributed by atoms with van der Waals surface area (Å²) in [7, 11) is 0. The van der Waals surface area contributed by atoms with Crippen molar-refractivity contribution < 1.29 is 4.79 Å². The summed E-state index contributed by atoms with van der Waals surface area (Å²) in [5.74, 6) is -0.0848. The van der Waals surface area contributed by atoms with Crippen molar-refractivity contribution in [2.75, 3.05) is 0 Å². The summed E-state index contributed by atoms with van der Waals surface area (Å²) in [5.41, 5.74) is 2.00. The predicted molar refractivity (Wildman–Crippen MR) is 67.5 cm³/mol. The highest BCUT2D eigenvalue weighted by Gasteiger charge is 2.15. The van der Waals surface area contributed by atoms with Crippen molar-refractivity contribution in [1.82, 2.24) is 9.78 Å². The van der Waals surface area contributed by atoms with Gasteiger partial charge in [-0.3, -0.25) is 9.48 Å². The minimum atomic E-state index is -0.0848. The van der Waals surface area contributed by atoms with Crippen LogP contribution in [0, 0.1) is 6.92 Å². The van der Waals surface area contributed by atoms with Crippen LogP contribution >= 0.6 is 11.6 Å². The first-order valence-electron chi connectivity index (χ1n) is 5.45. The standard InChI is InChI=1S/C13H13ClN2O/c1-3-16-8-10(7-15-16)13(17)11-6-4-5-9(2)12(11)14/h4-8H,3H2,1-2H3. The predicted octanol–water partition coefficient (Wildman–Crippen LogP) is 3.10. The Labute approximate surface area is 105 Å². The molecule has 0 amide bonds. The molecule has 2 rings (SSSR count). The summed E-state index contributed by atoms with van der Waals surface area (Å²) >= 11 is 6.13. The van der Waals surface area contributed by atoms with Crippen LogP contribution in [0.3, 0.4) is 0 Å². The van der Waals surface area contributed by atoms with E-state index in [0.29, 0.717) is 16.1 Å². The van der Waals surface area contributed by atoms with Crippen LogP contribution in [-0.2, 0) is 6.54 Å². The van der Waals surface area contributed by atoms with E-state index in [2.05, 4.69) is 5.10 Å². The highest BCUT2D eigenvalue weighted by molar-refractivity contribution is 6.35. The van der Waals surface area contributed by atoms with E-state index in [1.165, 1.54) is 0 Å². The zero-order chi connectivity index (χ0) is 12.4. The molecule has 0 unspecified atom stereocenters. The van der Waals surface area contributed by atoms with Gasteiger partial charge in [0.2, 0.25) is 0 Å². The van der Waals surface area contributed by atoms with Gasteiger partial charge in [0, 0.05) is 18.3 Å². The fourth-order valence-electron chi connectivity index (χ4n) is 1.63. The largest absolute Gasteiger partial charge is 0.288 e. The average Bonchev–Trinajstić information content (AvgIpc) is 2.80. The van der Waals surface area contributed by atoms with Crippen molar-refractivity contribution in [2.24, 2.45) is 0 Å². The number of rotatable bonds is 3. The molecule has 0 saturated carbocycles. The molecule has 17 heavy (non-hydrogen) atoms. The third kappa shape index (κ3) is 2.24. The second-order valence-corrected chi connectivity index (χ2v) is 4.23. The highest BCUT2D eigenvalue weighted by atomic mass is 35.5. The van der Waals surface area contributed by atoms with E-state index in [9.17, 15) is 4.79 Å². The lowest BCUT2D eigenvalue weighted by Gasteiger charge is -2.03. The van der Waals surface area contributed by atoms with E-state index in [1.54, 1.807) is 23.1 Å². The number of hydrogen-bond acceptors (Lipinski definition) is 2. The van der Waals surface area contributed by atoms with E-state index in [4.69, 9.17) is 11.6 Å². The first-order chi connectivity index (χ1) is 8.13. The maximum Gasteiger partial charge on any atom is 0.197 e. The smallest absolute Gasteiger partial charge is 0.197 e. The number of hydrogen-bond donors (Lipinski definition) is 0. The number of aromatic nitrogens is 2. The quantitative estimate of drug-likeness (QED) is 0.783. The summed E-state index contributed by atoms with van der Waals surface area (Å²) in [5, 5.41) is 4.60. The van der Waals surface area contributed by atoms with Gasteiger partial charge in [-0.1, -0.05) is 23.7 Å². The highest BCUT2D eigenvalue weighted by Crippen LogP contribution is 2.22. The van der Waals surface area contributed by atoms with Crippen molar-refractivity contribution in [3.05, 3.63) is 52.3 Å². The lowest BCUT2D eigenvalue weighted by Crippen LogP contribution is -2.02. The minimum absolute atomic E-state index is 0.0848. The molecule has 2 aromatic rings. The van der Waals surface area contributed by atoms with E-state index in [0.717, 1.165) is 12.1 Å². The fraction of sp³-hybridized carbons (Fsp3) is 0.231. The molecule has 0 spiro atoms. The Kier molecular flexibility index (Phi) is 3.29. The number of carbonyl (C=O) groups excluding carboxylic acids is 1. The molecule has 1 aromatic carbocycles. The van der Waals surface area contributed by atoms with Gasteiger partial charge in [0.1, 0.15) is 0 Å². The Balaban J connectivity index is 2.40. The monoisotopic (exact) mass is 248 g/mol.